The predicted molar refractivity (Wildman–Crippen MR) is 155 cm³/mol. The van der Waals surface area contributed by atoms with Crippen molar-refractivity contribution in [1.29, 1.82) is 0 Å². The molecule has 3 aromatic rings. The number of Topliss-reactive ketones (excluding diaryl/α,β-unsaturated/α-hetero) is 1. The van der Waals surface area contributed by atoms with Crippen LogP contribution in [0.15, 0.2) is 78.4 Å². The molecular formula is C33H38N2O4. The molecule has 3 aromatic carbocycles. The van der Waals surface area contributed by atoms with E-state index >= 15 is 0 Å². The molecule has 1 heterocycles. The quantitative estimate of drug-likeness (QED) is 0.197. The Morgan fingerprint density at radius 1 is 0.974 bits per heavy atom. The molecule has 0 bridgehead atoms. The molecule has 1 fully saturated rings. The van der Waals surface area contributed by atoms with Gasteiger partial charge < -0.3 is 19.6 Å². The van der Waals surface area contributed by atoms with Crippen molar-refractivity contribution >= 4 is 17.4 Å². The second-order valence-corrected chi connectivity index (χ2v) is 10.7. The number of amides is 1. The van der Waals surface area contributed by atoms with Crippen LogP contribution in [0.3, 0.4) is 0 Å². The summed E-state index contributed by atoms with van der Waals surface area (Å²) in [5, 5.41) is 11.4. The molecule has 39 heavy (non-hydrogen) atoms. The Hall–Kier alpha value is -3.90. The maximum absolute atomic E-state index is 13.3. The van der Waals surface area contributed by atoms with Gasteiger partial charge in [-0.15, -0.1) is 0 Å². The summed E-state index contributed by atoms with van der Waals surface area (Å²) in [6.45, 7) is 7.92. The molecule has 1 atom stereocenters. The lowest BCUT2D eigenvalue weighted by Crippen LogP contribution is -2.32. The lowest BCUT2D eigenvalue weighted by molar-refractivity contribution is -0.139. The fraction of sp³-hybridized carbons (Fsp3) is 0.333. The van der Waals surface area contributed by atoms with Crippen LogP contribution in [-0.2, 0) is 16.2 Å². The van der Waals surface area contributed by atoms with Crippen molar-refractivity contribution in [1.82, 2.24) is 9.80 Å². The minimum Gasteiger partial charge on any atom is -0.507 e. The number of benzene rings is 3. The molecule has 1 amide bonds. The fourth-order valence-electron chi connectivity index (χ4n) is 4.88. The average molecular weight is 527 g/mol. The van der Waals surface area contributed by atoms with Crippen LogP contribution in [-0.4, -0.2) is 53.8 Å². The third-order valence-corrected chi connectivity index (χ3v) is 7.25. The van der Waals surface area contributed by atoms with Gasteiger partial charge in [0.1, 0.15) is 18.1 Å². The number of ketones is 1. The van der Waals surface area contributed by atoms with Gasteiger partial charge in [0.05, 0.1) is 11.6 Å². The van der Waals surface area contributed by atoms with E-state index in [1.54, 1.807) is 29.2 Å². The van der Waals surface area contributed by atoms with E-state index in [0.717, 1.165) is 23.2 Å². The Morgan fingerprint density at radius 3 is 2.26 bits per heavy atom. The summed E-state index contributed by atoms with van der Waals surface area (Å²) in [6.07, 6.45) is 0.716. The molecule has 0 aromatic heterocycles. The summed E-state index contributed by atoms with van der Waals surface area (Å²) in [7, 11) is 3.95. The van der Waals surface area contributed by atoms with Crippen molar-refractivity contribution in [2.24, 2.45) is 0 Å². The summed E-state index contributed by atoms with van der Waals surface area (Å²) < 4.78 is 5.94. The molecule has 0 saturated carbocycles. The van der Waals surface area contributed by atoms with Crippen molar-refractivity contribution in [3.8, 4) is 5.75 Å². The van der Waals surface area contributed by atoms with E-state index in [0.29, 0.717) is 36.8 Å². The van der Waals surface area contributed by atoms with E-state index in [1.165, 1.54) is 5.56 Å². The molecule has 0 spiro atoms. The minimum atomic E-state index is -0.657. The highest BCUT2D eigenvalue weighted by Crippen LogP contribution is 2.40. The van der Waals surface area contributed by atoms with Gasteiger partial charge in [-0.2, -0.15) is 0 Å². The highest BCUT2D eigenvalue weighted by atomic mass is 16.5. The van der Waals surface area contributed by atoms with Crippen LogP contribution in [0.2, 0.25) is 0 Å². The zero-order chi connectivity index (χ0) is 28.1. The monoisotopic (exact) mass is 526 g/mol. The van der Waals surface area contributed by atoms with Crippen LogP contribution in [0.25, 0.3) is 5.76 Å². The Labute approximate surface area is 231 Å². The number of hydrogen-bond donors (Lipinski definition) is 1. The number of aliphatic hydroxyl groups excluding tert-OH is 1. The molecule has 0 aliphatic carbocycles. The van der Waals surface area contributed by atoms with Gasteiger partial charge in [0.25, 0.3) is 11.7 Å². The standard InChI is InChI=1S/C33H38N2O4/c1-22(2)24-11-13-25(14-12-24)30-29(32(37)33(38)35(30)20-8-19-34(4)5)31(36)26-15-17-28(18-16-26)39-21-27-10-7-6-9-23(27)3/h6-7,9-18,22,30,36H,8,19-21H2,1-5H3/b31-29+. The number of aliphatic hydroxyl groups is 1. The molecular weight excluding hydrogens is 488 g/mol. The predicted octanol–water partition coefficient (Wildman–Crippen LogP) is 6.07. The first-order valence-corrected chi connectivity index (χ1v) is 13.5. The first-order valence-electron chi connectivity index (χ1n) is 13.5. The molecule has 204 valence electrons. The SMILES string of the molecule is Cc1ccccc1COc1ccc(/C(O)=C2\C(=O)C(=O)N(CCCN(C)C)C2c2ccc(C(C)C)cc2)cc1. The third-order valence-electron chi connectivity index (χ3n) is 7.25. The number of hydrogen-bond acceptors (Lipinski definition) is 5. The van der Waals surface area contributed by atoms with Gasteiger partial charge in [0, 0.05) is 12.1 Å². The van der Waals surface area contributed by atoms with Crippen LogP contribution in [0, 0.1) is 6.92 Å². The Bertz CT molecular complexity index is 1340. The Balaban J connectivity index is 1.64. The summed E-state index contributed by atoms with van der Waals surface area (Å²) in [6, 6.07) is 22.4. The highest BCUT2D eigenvalue weighted by Gasteiger charge is 2.45. The number of nitrogens with zero attached hydrogens (tertiary/aromatic N) is 2. The van der Waals surface area contributed by atoms with E-state index in [-0.39, 0.29) is 11.3 Å². The van der Waals surface area contributed by atoms with Crippen molar-refractivity contribution in [3.05, 3.63) is 106 Å². The summed E-state index contributed by atoms with van der Waals surface area (Å²) in [4.78, 5) is 30.1. The maximum atomic E-state index is 13.3. The van der Waals surface area contributed by atoms with E-state index in [4.69, 9.17) is 4.74 Å². The zero-order valence-electron chi connectivity index (χ0n) is 23.5. The first kappa shape index (κ1) is 28.1. The molecule has 6 heteroatoms. The van der Waals surface area contributed by atoms with Crippen LogP contribution in [0.5, 0.6) is 5.75 Å². The van der Waals surface area contributed by atoms with Gasteiger partial charge in [-0.05, 0) is 86.4 Å². The normalized spacial score (nSPS) is 16.9. The molecule has 1 aliphatic rings. The molecule has 4 rings (SSSR count). The van der Waals surface area contributed by atoms with Crippen molar-refractivity contribution in [2.75, 3.05) is 27.2 Å². The van der Waals surface area contributed by atoms with Gasteiger partial charge in [-0.1, -0.05) is 62.4 Å². The summed E-state index contributed by atoms with van der Waals surface area (Å²) >= 11 is 0. The number of likely N-dealkylation sites (tertiary alicyclic amines) is 1. The van der Waals surface area contributed by atoms with Crippen LogP contribution < -0.4 is 4.74 Å². The average Bonchev–Trinajstić information content (AvgIpc) is 3.17. The van der Waals surface area contributed by atoms with Crippen LogP contribution in [0.4, 0.5) is 0 Å². The second-order valence-electron chi connectivity index (χ2n) is 10.7. The Morgan fingerprint density at radius 2 is 1.64 bits per heavy atom. The topological polar surface area (TPSA) is 70.1 Å². The van der Waals surface area contributed by atoms with E-state index in [9.17, 15) is 14.7 Å². The van der Waals surface area contributed by atoms with Crippen molar-refractivity contribution in [3.63, 3.8) is 0 Å². The lowest BCUT2D eigenvalue weighted by atomic mass is 9.93. The Kier molecular flexibility index (Phi) is 8.87. The largest absolute Gasteiger partial charge is 0.507 e. The van der Waals surface area contributed by atoms with Gasteiger partial charge in [-0.25, -0.2) is 0 Å². The number of ether oxygens (including phenoxy) is 1. The van der Waals surface area contributed by atoms with Gasteiger partial charge >= 0.3 is 0 Å². The van der Waals surface area contributed by atoms with Gasteiger partial charge in [-0.3, -0.25) is 9.59 Å². The molecule has 1 saturated heterocycles. The summed E-state index contributed by atoms with van der Waals surface area (Å²) in [5.74, 6) is -0.398. The first-order chi connectivity index (χ1) is 18.7. The fourth-order valence-corrected chi connectivity index (χ4v) is 4.88. The van der Waals surface area contributed by atoms with E-state index in [2.05, 4.69) is 13.8 Å². The number of rotatable bonds is 10. The van der Waals surface area contributed by atoms with E-state index in [1.807, 2.05) is 74.4 Å². The van der Waals surface area contributed by atoms with Gasteiger partial charge in [0.15, 0.2) is 0 Å². The molecule has 1 unspecified atom stereocenters. The summed E-state index contributed by atoms with van der Waals surface area (Å²) in [5.41, 5.74) is 4.82. The van der Waals surface area contributed by atoms with Crippen LogP contribution in [0.1, 0.15) is 60.0 Å². The molecule has 6 nitrogen and oxygen atoms in total. The van der Waals surface area contributed by atoms with Crippen LogP contribution >= 0.6 is 0 Å². The minimum absolute atomic E-state index is 0.121. The lowest BCUT2D eigenvalue weighted by Gasteiger charge is -2.26. The number of carbonyl (C=O) groups excluding carboxylic acids is 2. The van der Waals surface area contributed by atoms with Crippen molar-refractivity contribution < 1.29 is 19.4 Å². The second kappa shape index (κ2) is 12.3. The van der Waals surface area contributed by atoms with E-state index < -0.39 is 17.7 Å². The smallest absolute Gasteiger partial charge is 0.295 e. The third kappa shape index (κ3) is 6.40. The number of aryl methyl sites for hydroxylation is 1. The number of carbonyl (C=O) groups is 2. The molecule has 1 aliphatic heterocycles. The molecule has 1 N–H and O–H groups in total. The molecule has 0 radical (unpaired) electrons. The van der Waals surface area contributed by atoms with Crippen molar-refractivity contribution in [2.45, 2.75) is 45.8 Å². The maximum Gasteiger partial charge on any atom is 0.295 e. The highest BCUT2D eigenvalue weighted by molar-refractivity contribution is 6.46. The van der Waals surface area contributed by atoms with Gasteiger partial charge in [0.2, 0.25) is 0 Å². The zero-order valence-corrected chi connectivity index (χ0v) is 23.5.